The van der Waals surface area contributed by atoms with E-state index in [1.165, 1.54) is 125 Å². The number of aryl methyl sites for hydroxylation is 4. The Morgan fingerprint density at radius 3 is 1.66 bits per heavy atom. The lowest BCUT2D eigenvalue weighted by Crippen LogP contribution is -2.03. The van der Waals surface area contributed by atoms with Gasteiger partial charge in [-0.1, -0.05) is 129 Å². The van der Waals surface area contributed by atoms with Crippen LogP contribution in [0.2, 0.25) is 0 Å². The highest BCUT2D eigenvalue weighted by Gasteiger charge is 2.13. The predicted octanol–water partition coefficient (Wildman–Crippen LogP) is 14.3. The molecule has 0 heterocycles. The highest BCUT2D eigenvalue weighted by molar-refractivity contribution is 6.31. The second-order valence-corrected chi connectivity index (χ2v) is 13.7. The molecule has 2 nitrogen and oxygen atoms in total. The van der Waals surface area contributed by atoms with Gasteiger partial charge in [0.25, 0.3) is 0 Å². The molecule has 0 radical (unpaired) electrons. The van der Waals surface area contributed by atoms with Crippen LogP contribution in [0.25, 0.3) is 11.1 Å². The van der Waals surface area contributed by atoms with Crippen molar-refractivity contribution in [2.24, 2.45) is 9.98 Å². The first kappa shape index (κ1) is 38.4. The summed E-state index contributed by atoms with van der Waals surface area (Å²) in [6.45, 7) is 13.7. The Labute approximate surface area is 289 Å². The lowest BCUT2D eigenvalue weighted by molar-refractivity contribution is 0.646. The van der Waals surface area contributed by atoms with E-state index in [0.717, 1.165) is 36.3 Å². The molecule has 0 aromatic heterocycles. The maximum absolute atomic E-state index is 5.26. The van der Waals surface area contributed by atoms with Gasteiger partial charge in [-0.2, -0.15) is 0 Å². The average molecular weight is 635 g/mol. The zero-order valence-corrected chi connectivity index (χ0v) is 31.1. The first-order valence-corrected chi connectivity index (χ1v) is 19.5. The van der Waals surface area contributed by atoms with Crippen molar-refractivity contribution in [1.29, 1.82) is 0 Å². The van der Waals surface area contributed by atoms with Gasteiger partial charge in [0.15, 0.2) is 0 Å². The van der Waals surface area contributed by atoms with Crippen molar-refractivity contribution >= 4 is 23.3 Å². The molecule has 0 atom stereocenters. The maximum atomic E-state index is 5.26. The van der Waals surface area contributed by atoms with Crippen molar-refractivity contribution in [3.63, 3.8) is 0 Å². The van der Waals surface area contributed by atoms with Crippen LogP contribution in [0.15, 0.2) is 64.6 Å². The molecule has 3 rings (SSSR count). The van der Waals surface area contributed by atoms with E-state index in [1.54, 1.807) is 16.7 Å². The molecular formula is C45H66N2. The number of hydrogen-bond acceptors (Lipinski definition) is 2. The van der Waals surface area contributed by atoms with E-state index in [2.05, 4.69) is 96.1 Å². The number of hydrogen-bond donors (Lipinski definition) is 0. The first-order valence-electron chi connectivity index (χ1n) is 19.5. The number of nitrogens with zero attached hydrogens (tertiary/aromatic N) is 2. The Morgan fingerprint density at radius 2 is 1.09 bits per heavy atom. The van der Waals surface area contributed by atoms with Gasteiger partial charge in [0.2, 0.25) is 0 Å². The Hall–Kier alpha value is -3.00. The van der Waals surface area contributed by atoms with Crippen LogP contribution >= 0.6 is 0 Å². The van der Waals surface area contributed by atoms with Crippen molar-refractivity contribution in [3.8, 4) is 11.1 Å². The molecule has 0 saturated heterocycles. The molecule has 0 spiro atoms. The third-order valence-corrected chi connectivity index (χ3v) is 9.56. The summed E-state index contributed by atoms with van der Waals surface area (Å²) in [6.07, 6.45) is 25.5. The maximum Gasteiger partial charge on any atom is 0.0639 e. The standard InChI is InChI=1S/C45H66N2/c1-7-12-16-20-28-39-33-43(32-38(25-15-10-4)44(39)30-24-18-14-9-3)47-41(11-5)35-46-42-31-36(6)45(37-26-22-19-23-27-37)40(34-42)29-21-17-13-8-2/h19,22-23,26-27,31-35H,7-18,20-21,24-25,28-30H2,1-6H3. The molecule has 0 N–H and O–H groups in total. The fourth-order valence-electron chi connectivity index (χ4n) is 6.83. The van der Waals surface area contributed by atoms with E-state index in [-0.39, 0.29) is 0 Å². The molecule has 0 saturated carbocycles. The van der Waals surface area contributed by atoms with E-state index >= 15 is 0 Å². The number of unbranched alkanes of at least 4 members (excludes halogenated alkanes) is 10. The Kier molecular flexibility index (Phi) is 18.4. The van der Waals surface area contributed by atoms with E-state index in [0.29, 0.717) is 0 Å². The average Bonchev–Trinajstić information content (AvgIpc) is 3.08. The van der Waals surface area contributed by atoms with Gasteiger partial charge in [0, 0.05) is 6.21 Å². The Bertz CT molecular complexity index is 1360. The Balaban J connectivity index is 1.96. The molecule has 2 heteroatoms. The molecule has 256 valence electrons. The first-order chi connectivity index (χ1) is 23.0. The van der Waals surface area contributed by atoms with Gasteiger partial charge < -0.3 is 0 Å². The van der Waals surface area contributed by atoms with Gasteiger partial charge in [-0.05, 0) is 128 Å². The minimum absolute atomic E-state index is 0.864. The van der Waals surface area contributed by atoms with E-state index in [9.17, 15) is 0 Å². The number of aliphatic imine (C=N–C) groups is 2. The van der Waals surface area contributed by atoms with E-state index < -0.39 is 0 Å². The molecule has 0 bridgehead atoms. The minimum atomic E-state index is 0.864. The summed E-state index contributed by atoms with van der Waals surface area (Å²) in [6, 6.07) is 20.3. The molecule has 3 aromatic rings. The fourth-order valence-corrected chi connectivity index (χ4v) is 6.83. The molecule has 0 unspecified atom stereocenters. The molecule has 3 aromatic carbocycles. The molecule has 0 amide bonds. The summed E-state index contributed by atoms with van der Waals surface area (Å²) in [5, 5.41) is 0. The summed E-state index contributed by atoms with van der Waals surface area (Å²) in [7, 11) is 0. The fraction of sp³-hybridized carbons (Fsp3) is 0.556. The van der Waals surface area contributed by atoms with Crippen molar-refractivity contribution in [1.82, 2.24) is 0 Å². The van der Waals surface area contributed by atoms with E-state index in [4.69, 9.17) is 9.98 Å². The van der Waals surface area contributed by atoms with Crippen LogP contribution in [-0.4, -0.2) is 11.9 Å². The van der Waals surface area contributed by atoms with Gasteiger partial charge in [-0.15, -0.1) is 0 Å². The lowest BCUT2D eigenvalue weighted by Gasteiger charge is -2.17. The molecule has 0 aliphatic carbocycles. The van der Waals surface area contributed by atoms with Crippen molar-refractivity contribution in [2.45, 2.75) is 164 Å². The quantitative estimate of drug-likeness (QED) is 0.0732. The molecular weight excluding hydrogens is 569 g/mol. The summed E-state index contributed by atoms with van der Waals surface area (Å²) in [4.78, 5) is 10.3. The van der Waals surface area contributed by atoms with Crippen LogP contribution in [-0.2, 0) is 25.7 Å². The third kappa shape index (κ3) is 13.2. The highest BCUT2D eigenvalue weighted by Crippen LogP contribution is 2.33. The van der Waals surface area contributed by atoms with Crippen LogP contribution < -0.4 is 0 Å². The van der Waals surface area contributed by atoms with Crippen LogP contribution in [0.4, 0.5) is 11.4 Å². The van der Waals surface area contributed by atoms with Crippen molar-refractivity contribution in [3.05, 3.63) is 82.4 Å². The van der Waals surface area contributed by atoms with Gasteiger partial charge in [-0.3, -0.25) is 9.98 Å². The molecule has 0 aliphatic heterocycles. The van der Waals surface area contributed by atoms with Gasteiger partial charge in [-0.25, -0.2) is 0 Å². The zero-order valence-electron chi connectivity index (χ0n) is 31.1. The highest BCUT2D eigenvalue weighted by atomic mass is 14.8. The second-order valence-electron chi connectivity index (χ2n) is 13.7. The third-order valence-electron chi connectivity index (χ3n) is 9.56. The summed E-state index contributed by atoms with van der Waals surface area (Å²) < 4.78 is 0. The van der Waals surface area contributed by atoms with Crippen LogP contribution in [0.3, 0.4) is 0 Å². The van der Waals surface area contributed by atoms with Gasteiger partial charge >= 0.3 is 0 Å². The summed E-state index contributed by atoms with van der Waals surface area (Å²) >= 11 is 0. The van der Waals surface area contributed by atoms with Crippen molar-refractivity contribution < 1.29 is 0 Å². The van der Waals surface area contributed by atoms with Crippen LogP contribution in [0.1, 0.15) is 159 Å². The molecule has 47 heavy (non-hydrogen) atoms. The monoisotopic (exact) mass is 635 g/mol. The summed E-state index contributed by atoms with van der Waals surface area (Å²) in [5.41, 5.74) is 13.3. The van der Waals surface area contributed by atoms with Gasteiger partial charge in [0.1, 0.15) is 0 Å². The topological polar surface area (TPSA) is 24.7 Å². The SMILES string of the molecule is CCCCCCc1cc(N=C(C=Nc2cc(C)c(-c3ccccc3)c(CCCCCC)c2)CC)cc(CCCC)c1CCCCCC. The van der Waals surface area contributed by atoms with Crippen molar-refractivity contribution in [2.75, 3.05) is 0 Å². The smallest absolute Gasteiger partial charge is 0.0639 e. The zero-order chi connectivity index (χ0) is 33.7. The lowest BCUT2D eigenvalue weighted by atomic mass is 9.89. The Morgan fingerprint density at radius 1 is 0.553 bits per heavy atom. The number of rotatable bonds is 23. The molecule has 0 fully saturated rings. The van der Waals surface area contributed by atoms with Crippen LogP contribution in [0, 0.1) is 6.92 Å². The van der Waals surface area contributed by atoms with E-state index in [1.807, 2.05) is 6.21 Å². The largest absolute Gasteiger partial charge is 0.255 e. The molecule has 0 aliphatic rings. The summed E-state index contributed by atoms with van der Waals surface area (Å²) in [5.74, 6) is 0. The minimum Gasteiger partial charge on any atom is -0.255 e. The number of benzene rings is 3. The van der Waals surface area contributed by atoms with Crippen LogP contribution in [0.5, 0.6) is 0 Å². The normalized spacial score (nSPS) is 12.0. The predicted molar refractivity (Wildman–Crippen MR) is 211 cm³/mol. The van der Waals surface area contributed by atoms with Gasteiger partial charge in [0.05, 0.1) is 17.1 Å². The second kappa shape index (κ2) is 22.5.